The van der Waals surface area contributed by atoms with Crippen molar-refractivity contribution >= 4 is 21.7 Å². The van der Waals surface area contributed by atoms with E-state index in [4.69, 9.17) is 0 Å². The number of Topliss-reactive ketones (excluding diaryl/α,β-unsaturated/α-hetero) is 1. The molecule has 0 bridgehead atoms. The van der Waals surface area contributed by atoms with Crippen molar-refractivity contribution < 1.29 is 9.18 Å². The van der Waals surface area contributed by atoms with Crippen LogP contribution in [0.3, 0.4) is 0 Å². The van der Waals surface area contributed by atoms with Crippen molar-refractivity contribution in [1.82, 2.24) is 0 Å². The molecule has 0 saturated heterocycles. The van der Waals surface area contributed by atoms with Gasteiger partial charge in [-0.3, -0.25) is 4.79 Å². The Hall–Kier alpha value is -0.700. The lowest BCUT2D eigenvalue weighted by Crippen LogP contribution is -2.02. The van der Waals surface area contributed by atoms with E-state index in [1.807, 2.05) is 0 Å². The Labute approximate surface area is 111 Å². The van der Waals surface area contributed by atoms with E-state index in [1.54, 1.807) is 6.07 Å². The van der Waals surface area contributed by atoms with Crippen LogP contribution in [0, 0.1) is 5.82 Å². The van der Waals surface area contributed by atoms with E-state index in [0.717, 1.165) is 18.4 Å². The minimum absolute atomic E-state index is 0.193. The SMILES string of the molecule is CCCCCCC(=O)Cc1cc(F)cc(Br)c1. The molecule has 0 unspecified atom stereocenters. The molecule has 0 aromatic heterocycles. The quantitative estimate of drug-likeness (QED) is 0.669. The molecule has 94 valence electrons. The maximum atomic E-state index is 13.1. The number of carbonyl (C=O) groups is 1. The van der Waals surface area contributed by atoms with Crippen LogP contribution in [0.5, 0.6) is 0 Å². The number of carbonyl (C=O) groups excluding carboxylic acids is 1. The average molecular weight is 301 g/mol. The first-order valence-corrected chi connectivity index (χ1v) is 6.87. The average Bonchev–Trinajstić information content (AvgIpc) is 2.23. The van der Waals surface area contributed by atoms with Gasteiger partial charge in [0.05, 0.1) is 0 Å². The number of unbranched alkanes of at least 4 members (excludes halogenated alkanes) is 3. The summed E-state index contributed by atoms with van der Waals surface area (Å²) in [6.45, 7) is 2.14. The van der Waals surface area contributed by atoms with Gasteiger partial charge in [0.1, 0.15) is 11.6 Å². The number of benzene rings is 1. The molecule has 0 atom stereocenters. The van der Waals surface area contributed by atoms with Crippen LogP contribution >= 0.6 is 15.9 Å². The summed E-state index contributed by atoms with van der Waals surface area (Å²) < 4.78 is 13.8. The molecule has 0 radical (unpaired) electrons. The van der Waals surface area contributed by atoms with Crippen molar-refractivity contribution in [3.05, 3.63) is 34.1 Å². The van der Waals surface area contributed by atoms with Gasteiger partial charge in [-0.25, -0.2) is 4.39 Å². The second kappa shape index (κ2) is 7.59. The highest BCUT2D eigenvalue weighted by Gasteiger charge is 2.05. The lowest BCUT2D eigenvalue weighted by atomic mass is 10.0. The van der Waals surface area contributed by atoms with Gasteiger partial charge in [-0.1, -0.05) is 42.1 Å². The fourth-order valence-electron chi connectivity index (χ4n) is 1.78. The summed E-state index contributed by atoms with van der Waals surface area (Å²) in [5, 5.41) is 0. The minimum Gasteiger partial charge on any atom is -0.299 e. The van der Waals surface area contributed by atoms with Gasteiger partial charge >= 0.3 is 0 Å². The van der Waals surface area contributed by atoms with E-state index in [0.29, 0.717) is 17.3 Å². The van der Waals surface area contributed by atoms with Gasteiger partial charge in [0.2, 0.25) is 0 Å². The van der Waals surface area contributed by atoms with Crippen molar-refractivity contribution in [2.45, 2.75) is 45.4 Å². The molecule has 0 amide bonds. The van der Waals surface area contributed by atoms with Crippen molar-refractivity contribution in [2.75, 3.05) is 0 Å². The smallest absolute Gasteiger partial charge is 0.137 e. The second-order valence-electron chi connectivity index (χ2n) is 4.30. The molecular weight excluding hydrogens is 283 g/mol. The van der Waals surface area contributed by atoms with Crippen LogP contribution in [0.4, 0.5) is 4.39 Å². The third-order valence-electron chi connectivity index (χ3n) is 2.63. The van der Waals surface area contributed by atoms with E-state index >= 15 is 0 Å². The summed E-state index contributed by atoms with van der Waals surface area (Å²) in [5.74, 6) is -0.105. The Bertz CT molecular complexity index is 356. The summed E-state index contributed by atoms with van der Waals surface area (Å²) in [4.78, 5) is 11.7. The van der Waals surface area contributed by atoms with Gasteiger partial charge < -0.3 is 0 Å². The highest BCUT2D eigenvalue weighted by Crippen LogP contribution is 2.16. The number of ketones is 1. The highest BCUT2D eigenvalue weighted by molar-refractivity contribution is 9.10. The third-order valence-corrected chi connectivity index (χ3v) is 3.09. The lowest BCUT2D eigenvalue weighted by Gasteiger charge is -2.03. The van der Waals surface area contributed by atoms with Crippen LogP contribution in [0.2, 0.25) is 0 Å². The topological polar surface area (TPSA) is 17.1 Å². The van der Waals surface area contributed by atoms with Gasteiger partial charge in [0.15, 0.2) is 0 Å². The first-order valence-electron chi connectivity index (χ1n) is 6.08. The maximum absolute atomic E-state index is 13.1. The molecule has 0 saturated carbocycles. The Morgan fingerprint density at radius 3 is 2.65 bits per heavy atom. The Kier molecular flexibility index (Phi) is 6.41. The zero-order valence-electron chi connectivity index (χ0n) is 10.1. The number of rotatable bonds is 7. The van der Waals surface area contributed by atoms with Gasteiger partial charge in [0, 0.05) is 17.3 Å². The summed E-state index contributed by atoms with van der Waals surface area (Å²) in [6.07, 6.45) is 5.35. The van der Waals surface area contributed by atoms with Gasteiger partial charge in [0.25, 0.3) is 0 Å². The minimum atomic E-state index is -0.298. The van der Waals surface area contributed by atoms with Crippen molar-refractivity contribution in [1.29, 1.82) is 0 Å². The predicted octanol–water partition coefficient (Wildman–Crippen LogP) is 4.67. The monoisotopic (exact) mass is 300 g/mol. The largest absolute Gasteiger partial charge is 0.299 e. The van der Waals surface area contributed by atoms with Crippen molar-refractivity contribution in [3.63, 3.8) is 0 Å². The molecule has 0 fully saturated rings. The molecule has 1 aromatic carbocycles. The van der Waals surface area contributed by atoms with Crippen LogP contribution in [0.25, 0.3) is 0 Å². The Morgan fingerprint density at radius 2 is 2.00 bits per heavy atom. The molecule has 1 nitrogen and oxygen atoms in total. The van der Waals surface area contributed by atoms with Crippen LogP contribution < -0.4 is 0 Å². The zero-order chi connectivity index (χ0) is 12.7. The van der Waals surface area contributed by atoms with E-state index in [2.05, 4.69) is 22.9 Å². The van der Waals surface area contributed by atoms with Gasteiger partial charge in [-0.05, 0) is 30.2 Å². The molecule has 3 heteroatoms. The van der Waals surface area contributed by atoms with Crippen LogP contribution in [-0.2, 0) is 11.2 Å². The third kappa shape index (κ3) is 5.97. The van der Waals surface area contributed by atoms with E-state index in [9.17, 15) is 9.18 Å². The number of hydrogen-bond donors (Lipinski definition) is 0. The molecule has 0 heterocycles. The molecule has 1 rings (SSSR count). The molecule has 0 N–H and O–H groups in total. The van der Waals surface area contributed by atoms with Crippen LogP contribution in [0.1, 0.15) is 44.6 Å². The first-order chi connectivity index (χ1) is 8.11. The number of hydrogen-bond acceptors (Lipinski definition) is 1. The standard InChI is InChI=1S/C14H18BrFO/c1-2-3-4-5-6-14(17)9-11-7-12(15)10-13(16)8-11/h7-8,10H,2-6,9H2,1H3. The zero-order valence-corrected chi connectivity index (χ0v) is 11.7. The molecule has 0 aliphatic carbocycles. The number of halogens is 2. The van der Waals surface area contributed by atoms with Gasteiger partial charge in [-0.2, -0.15) is 0 Å². The fraction of sp³-hybridized carbons (Fsp3) is 0.500. The summed E-state index contributed by atoms with van der Waals surface area (Å²) >= 11 is 3.22. The fourth-order valence-corrected chi connectivity index (χ4v) is 2.29. The molecule has 0 aliphatic heterocycles. The highest BCUT2D eigenvalue weighted by atomic mass is 79.9. The van der Waals surface area contributed by atoms with E-state index in [-0.39, 0.29) is 11.6 Å². The predicted molar refractivity (Wildman–Crippen MR) is 71.6 cm³/mol. The summed E-state index contributed by atoms with van der Waals surface area (Å²) in [5.41, 5.74) is 0.748. The molecule has 0 spiro atoms. The van der Waals surface area contributed by atoms with Crippen LogP contribution in [0.15, 0.2) is 22.7 Å². The normalized spacial score (nSPS) is 10.5. The lowest BCUT2D eigenvalue weighted by molar-refractivity contribution is -0.118. The molecule has 0 aliphatic rings. The first kappa shape index (κ1) is 14.4. The van der Waals surface area contributed by atoms with Crippen molar-refractivity contribution in [3.8, 4) is 0 Å². The second-order valence-corrected chi connectivity index (χ2v) is 5.22. The maximum Gasteiger partial charge on any atom is 0.137 e. The van der Waals surface area contributed by atoms with E-state index < -0.39 is 0 Å². The van der Waals surface area contributed by atoms with Crippen LogP contribution in [-0.4, -0.2) is 5.78 Å². The summed E-state index contributed by atoms with van der Waals surface area (Å²) in [7, 11) is 0. The Balaban J connectivity index is 2.39. The molecular formula is C14H18BrFO. The molecule has 17 heavy (non-hydrogen) atoms. The Morgan fingerprint density at radius 1 is 1.24 bits per heavy atom. The molecule has 1 aromatic rings. The van der Waals surface area contributed by atoms with Crippen molar-refractivity contribution in [2.24, 2.45) is 0 Å². The summed E-state index contributed by atoms with van der Waals surface area (Å²) in [6, 6.07) is 4.62. The van der Waals surface area contributed by atoms with Gasteiger partial charge in [-0.15, -0.1) is 0 Å². The van der Waals surface area contributed by atoms with E-state index in [1.165, 1.54) is 25.0 Å².